The molecule has 0 unspecified atom stereocenters. The first kappa shape index (κ1) is 17.7. The Balaban J connectivity index is 1.76. The van der Waals surface area contributed by atoms with Gasteiger partial charge in [0.05, 0.1) is 12.6 Å². The number of ketones is 2. The van der Waals surface area contributed by atoms with Crippen molar-refractivity contribution >= 4 is 23.6 Å². The molecule has 7 nitrogen and oxygen atoms in total. The van der Waals surface area contributed by atoms with Gasteiger partial charge in [-0.3, -0.25) is 14.4 Å². The van der Waals surface area contributed by atoms with Crippen LogP contribution in [0.5, 0.6) is 0 Å². The monoisotopic (exact) mass is 332 g/mol. The number of Topliss-reactive ketones (excluding diaryl/α,β-unsaturated/α-hetero) is 2. The van der Waals surface area contributed by atoms with E-state index in [1.54, 1.807) is 12.1 Å². The van der Waals surface area contributed by atoms with E-state index in [0.717, 1.165) is 5.56 Å². The number of alkyl carbamates (subject to hydrolysis) is 1. The Bertz CT molecular complexity index is 629. The number of likely N-dealkylation sites (tertiary alicyclic amines) is 1. The summed E-state index contributed by atoms with van der Waals surface area (Å²) in [6.45, 7) is 1.41. The molecule has 2 rings (SSSR count). The molecule has 0 radical (unpaired) electrons. The summed E-state index contributed by atoms with van der Waals surface area (Å²) in [5.74, 6) is -1.64. The Morgan fingerprint density at radius 1 is 1.21 bits per heavy atom. The number of carbonyl (C=O) groups excluding carboxylic acids is 4. The zero-order chi connectivity index (χ0) is 17.5. The molecule has 0 saturated carbocycles. The van der Waals surface area contributed by atoms with E-state index in [2.05, 4.69) is 5.32 Å². The van der Waals surface area contributed by atoms with Gasteiger partial charge in [0.1, 0.15) is 6.61 Å². The number of amides is 2. The van der Waals surface area contributed by atoms with E-state index in [0.29, 0.717) is 19.4 Å². The standard InChI is InChI=1S/C17H20N2O5/c1-12(20)14-8-5-9-19(14)16(22)15(21)10-18-17(23)24-11-13-6-3-2-4-7-13/h2-4,6-7,14H,5,8-11H2,1H3,(H,18,23)/t14-/m1/s1. The van der Waals surface area contributed by atoms with E-state index >= 15 is 0 Å². The van der Waals surface area contributed by atoms with E-state index in [4.69, 9.17) is 4.74 Å². The minimum Gasteiger partial charge on any atom is -0.445 e. The second-order valence-electron chi connectivity index (χ2n) is 5.61. The molecule has 1 N–H and O–H groups in total. The highest BCUT2D eigenvalue weighted by Gasteiger charge is 2.34. The van der Waals surface area contributed by atoms with Crippen molar-refractivity contribution in [2.75, 3.05) is 13.1 Å². The minimum absolute atomic E-state index is 0.0767. The topological polar surface area (TPSA) is 92.8 Å². The fourth-order valence-corrected chi connectivity index (χ4v) is 2.59. The van der Waals surface area contributed by atoms with Crippen LogP contribution in [0.1, 0.15) is 25.3 Å². The van der Waals surface area contributed by atoms with Crippen molar-refractivity contribution < 1.29 is 23.9 Å². The molecule has 1 aromatic rings. The van der Waals surface area contributed by atoms with Gasteiger partial charge >= 0.3 is 6.09 Å². The molecule has 128 valence electrons. The molecular formula is C17H20N2O5. The Morgan fingerprint density at radius 2 is 1.92 bits per heavy atom. The third kappa shape index (κ3) is 4.65. The van der Waals surface area contributed by atoms with Crippen LogP contribution in [0.15, 0.2) is 30.3 Å². The van der Waals surface area contributed by atoms with Crippen molar-refractivity contribution in [1.82, 2.24) is 10.2 Å². The Labute approximate surface area is 140 Å². The van der Waals surface area contributed by atoms with E-state index < -0.39 is 30.4 Å². The van der Waals surface area contributed by atoms with Gasteiger partial charge in [-0.05, 0) is 25.3 Å². The normalized spacial score (nSPS) is 16.5. The highest BCUT2D eigenvalue weighted by atomic mass is 16.5. The van der Waals surface area contributed by atoms with Crippen LogP contribution in [0.2, 0.25) is 0 Å². The third-order valence-corrected chi connectivity index (χ3v) is 3.83. The number of benzene rings is 1. The molecule has 1 aliphatic heterocycles. The van der Waals surface area contributed by atoms with Crippen molar-refractivity contribution in [1.29, 1.82) is 0 Å². The number of hydrogen-bond donors (Lipinski definition) is 1. The molecule has 1 saturated heterocycles. The Morgan fingerprint density at radius 3 is 2.58 bits per heavy atom. The van der Waals surface area contributed by atoms with Gasteiger partial charge in [0.2, 0.25) is 5.78 Å². The van der Waals surface area contributed by atoms with Crippen LogP contribution < -0.4 is 5.32 Å². The lowest BCUT2D eigenvalue weighted by Gasteiger charge is -2.21. The quantitative estimate of drug-likeness (QED) is 0.786. The van der Waals surface area contributed by atoms with E-state index in [1.807, 2.05) is 18.2 Å². The summed E-state index contributed by atoms with van der Waals surface area (Å²) in [5, 5.41) is 2.26. The van der Waals surface area contributed by atoms with Crippen molar-refractivity contribution in [3.63, 3.8) is 0 Å². The van der Waals surface area contributed by atoms with Gasteiger partial charge in [0.25, 0.3) is 5.91 Å². The first-order valence-corrected chi connectivity index (χ1v) is 7.78. The van der Waals surface area contributed by atoms with Gasteiger partial charge in [0, 0.05) is 6.54 Å². The predicted octanol–water partition coefficient (Wildman–Crippen LogP) is 1.06. The molecule has 0 bridgehead atoms. The zero-order valence-electron chi connectivity index (χ0n) is 13.5. The van der Waals surface area contributed by atoms with Gasteiger partial charge in [-0.2, -0.15) is 0 Å². The molecule has 2 amide bonds. The summed E-state index contributed by atoms with van der Waals surface area (Å²) in [6.07, 6.45) is 0.487. The summed E-state index contributed by atoms with van der Waals surface area (Å²) in [5.41, 5.74) is 0.816. The van der Waals surface area contributed by atoms with Crippen LogP contribution in [0.3, 0.4) is 0 Å². The van der Waals surface area contributed by atoms with Crippen LogP contribution in [-0.4, -0.2) is 47.6 Å². The predicted molar refractivity (Wildman–Crippen MR) is 85.1 cm³/mol. The molecule has 0 aromatic heterocycles. The first-order valence-electron chi connectivity index (χ1n) is 7.78. The number of nitrogens with one attached hydrogen (secondary N) is 1. The molecule has 1 atom stereocenters. The number of ether oxygens (including phenoxy) is 1. The fourth-order valence-electron chi connectivity index (χ4n) is 2.59. The summed E-state index contributed by atoms with van der Waals surface area (Å²) in [7, 11) is 0. The minimum atomic E-state index is -0.774. The highest BCUT2D eigenvalue weighted by Crippen LogP contribution is 2.18. The average Bonchev–Trinajstić information content (AvgIpc) is 3.08. The van der Waals surface area contributed by atoms with Crippen LogP contribution in [0.25, 0.3) is 0 Å². The molecule has 24 heavy (non-hydrogen) atoms. The van der Waals surface area contributed by atoms with Gasteiger partial charge in [-0.15, -0.1) is 0 Å². The van der Waals surface area contributed by atoms with Crippen LogP contribution >= 0.6 is 0 Å². The molecule has 1 aliphatic rings. The van der Waals surface area contributed by atoms with E-state index in [9.17, 15) is 19.2 Å². The lowest BCUT2D eigenvalue weighted by atomic mass is 10.1. The Kier molecular flexibility index (Phi) is 6.06. The number of rotatable bonds is 6. The van der Waals surface area contributed by atoms with Gasteiger partial charge in [0.15, 0.2) is 5.78 Å². The van der Waals surface area contributed by atoms with Crippen LogP contribution in [0.4, 0.5) is 4.79 Å². The first-order chi connectivity index (χ1) is 11.5. The lowest BCUT2D eigenvalue weighted by Crippen LogP contribution is -2.46. The van der Waals surface area contributed by atoms with Gasteiger partial charge < -0.3 is 15.0 Å². The van der Waals surface area contributed by atoms with Gasteiger partial charge in [-0.1, -0.05) is 30.3 Å². The highest BCUT2D eigenvalue weighted by molar-refractivity contribution is 6.37. The molecule has 1 fully saturated rings. The summed E-state index contributed by atoms with van der Waals surface area (Å²) < 4.78 is 4.96. The van der Waals surface area contributed by atoms with Crippen LogP contribution in [0, 0.1) is 0 Å². The third-order valence-electron chi connectivity index (χ3n) is 3.83. The maximum absolute atomic E-state index is 12.1. The SMILES string of the molecule is CC(=O)[C@H]1CCCN1C(=O)C(=O)CNC(=O)OCc1ccccc1. The number of nitrogens with zero attached hydrogens (tertiary/aromatic N) is 1. The zero-order valence-corrected chi connectivity index (χ0v) is 13.5. The fraction of sp³-hybridized carbons (Fsp3) is 0.412. The second-order valence-corrected chi connectivity index (χ2v) is 5.61. The lowest BCUT2D eigenvalue weighted by molar-refractivity contribution is -0.146. The molecule has 0 spiro atoms. The Hall–Kier alpha value is -2.70. The molecule has 1 aromatic carbocycles. The van der Waals surface area contributed by atoms with Gasteiger partial charge in [-0.25, -0.2) is 4.79 Å². The molecule has 1 heterocycles. The maximum Gasteiger partial charge on any atom is 0.407 e. The van der Waals surface area contributed by atoms with Crippen molar-refractivity contribution in [3.8, 4) is 0 Å². The van der Waals surface area contributed by atoms with Crippen molar-refractivity contribution in [2.45, 2.75) is 32.4 Å². The number of hydrogen-bond acceptors (Lipinski definition) is 5. The van der Waals surface area contributed by atoms with E-state index in [1.165, 1.54) is 11.8 Å². The number of carbonyl (C=O) groups is 4. The molecule has 0 aliphatic carbocycles. The molecular weight excluding hydrogens is 312 g/mol. The van der Waals surface area contributed by atoms with Crippen molar-refractivity contribution in [2.24, 2.45) is 0 Å². The van der Waals surface area contributed by atoms with Crippen LogP contribution in [-0.2, 0) is 25.7 Å². The second kappa shape index (κ2) is 8.24. The smallest absolute Gasteiger partial charge is 0.407 e. The average molecular weight is 332 g/mol. The largest absolute Gasteiger partial charge is 0.445 e. The summed E-state index contributed by atoms with van der Waals surface area (Å²) in [6, 6.07) is 8.56. The molecule has 7 heteroatoms. The summed E-state index contributed by atoms with van der Waals surface area (Å²) in [4.78, 5) is 48.3. The summed E-state index contributed by atoms with van der Waals surface area (Å²) >= 11 is 0. The maximum atomic E-state index is 12.1. The van der Waals surface area contributed by atoms with E-state index in [-0.39, 0.29) is 12.4 Å². The van der Waals surface area contributed by atoms with Crippen molar-refractivity contribution in [3.05, 3.63) is 35.9 Å².